The molecule has 0 aliphatic heterocycles. The van der Waals surface area contributed by atoms with Crippen molar-refractivity contribution in [3.05, 3.63) is 0 Å². The average molecular weight is 176 g/mol. The van der Waals surface area contributed by atoms with Crippen LogP contribution in [0.1, 0.15) is 6.42 Å². The van der Waals surface area contributed by atoms with E-state index < -0.39 is 0 Å². The third-order valence-electron chi connectivity index (χ3n) is 0.840. The summed E-state index contributed by atoms with van der Waals surface area (Å²) >= 11 is 0. The van der Waals surface area contributed by atoms with Gasteiger partial charge in [0.2, 0.25) is 0 Å². The minimum Gasteiger partial charge on any atom is -0.330 e. The van der Waals surface area contributed by atoms with Crippen LogP contribution in [0.15, 0.2) is 0 Å². The highest BCUT2D eigenvalue weighted by atomic mass is 35.5. The Balaban J connectivity index is -0.000000180. The van der Waals surface area contributed by atoms with E-state index in [1.807, 2.05) is 0 Å². The van der Waals surface area contributed by atoms with Gasteiger partial charge < -0.3 is 17.2 Å². The first-order valence-corrected chi connectivity index (χ1v) is 2.47. The molecule has 0 saturated carbocycles. The van der Waals surface area contributed by atoms with E-state index in [9.17, 15) is 0 Å². The molecular formula is C4H15Cl2N3. The molecule has 0 aromatic heterocycles. The molecule has 0 saturated heterocycles. The predicted molar refractivity (Wildman–Crippen MR) is 45.2 cm³/mol. The molecule has 0 fully saturated rings. The average Bonchev–Trinajstić information content (AvgIpc) is 1.68. The van der Waals surface area contributed by atoms with E-state index in [-0.39, 0.29) is 30.9 Å². The Morgan fingerprint density at radius 3 is 1.67 bits per heavy atom. The SMILES string of the molecule is Cl.Cl.NCCC(N)CN. The number of halogens is 2. The summed E-state index contributed by atoms with van der Waals surface area (Å²) in [5, 5.41) is 0. The molecule has 0 aliphatic rings. The lowest BCUT2D eigenvalue weighted by Gasteiger charge is -2.03. The molecule has 0 radical (unpaired) electrons. The minimum absolute atomic E-state index is 0. The van der Waals surface area contributed by atoms with Crippen LogP contribution in [-0.4, -0.2) is 19.1 Å². The molecule has 0 aromatic rings. The highest BCUT2D eigenvalue weighted by Crippen LogP contribution is 1.77. The van der Waals surface area contributed by atoms with E-state index >= 15 is 0 Å². The number of nitrogens with two attached hydrogens (primary N) is 3. The largest absolute Gasteiger partial charge is 0.330 e. The van der Waals surface area contributed by atoms with Gasteiger partial charge in [-0.1, -0.05) is 0 Å². The summed E-state index contributed by atoms with van der Waals surface area (Å²) in [6, 6.07) is 0.102. The maximum absolute atomic E-state index is 5.38. The van der Waals surface area contributed by atoms with Crippen molar-refractivity contribution in [2.24, 2.45) is 17.2 Å². The van der Waals surface area contributed by atoms with Crippen molar-refractivity contribution < 1.29 is 0 Å². The van der Waals surface area contributed by atoms with Crippen LogP contribution in [0.3, 0.4) is 0 Å². The van der Waals surface area contributed by atoms with Gasteiger partial charge in [0, 0.05) is 12.6 Å². The van der Waals surface area contributed by atoms with Crippen LogP contribution in [0.2, 0.25) is 0 Å². The van der Waals surface area contributed by atoms with Gasteiger partial charge in [0.15, 0.2) is 0 Å². The summed E-state index contributed by atoms with van der Waals surface area (Å²) in [6.07, 6.45) is 0.830. The molecule has 0 rings (SSSR count). The van der Waals surface area contributed by atoms with Gasteiger partial charge in [0.25, 0.3) is 0 Å². The quantitative estimate of drug-likeness (QED) is 0.540. The Morgan fingerprint density at radius 2 is 1.56 bits per heavy atom. The lowest BCUT2D eigenvalue weighted by Crippen LogP contribution is -2.31. The highest BCUT2D eigenvalue weighted by molar-refractivity contribution is 5.85. The second-order valence-electron chi connectivity index (χ2n) is 1.57. The normalized spacial score (nSPS) is 11.0. The fraction of sp³-hybridized carbons (Fsp3) is 1.00. The third kappa shape index (κ3) is 11.8. The van der Waals surface area contributed by atoms with Crippen molar-refractivity contribution in [2.45, 2.75) is 12.5 Å². The molecular weight excluding hydrogens is 161 g/mol. The van der Waals surface area contributed by atoms with Crippen molar-refractivity contribution in [1.29, 1.82) is 0 Å². The van der Waals surface area contributed by atoms with Crippen molar-refractivity contribution in [3.8, 4) is 0 Å². The molecule has 0 amide bonds. The highest BCUT2D eigenvalue weighted by Gasteiger charge is 1.93. The van der Waals surface area contributed by atoms with Gasteiger partial charge in [-0.15, -0.1) is 24.8 Å². The maximum Gasteiger partial charge on any atom is 0.0175 e. The van der Waals surface area contributed by atoms with E-state index in [1.165, 1.54) is 0 Å². The summed E-state index contributed by atoms with van der Waals surface area (Å²) in [6.45, 7) is 1.18. The zero-order valence-electron chi connectivity index (χ0n) is 5.25. The molecule has 9 heavy (non-hydrogen) atoms. The van der Waals surface area contributed by atoms with Crippen LogP contribution in [0, 0.1) is 0 Å². The van der Waals surface area contributed by atoms with Crippen LogP contribution in [0.25, 0.3) is 0 Å². The molecule has 0 spiro atoms. The van der Waals surface area contributed by atoms with Gasteiger partial charge in [-0.2, -0.15) is 0 Å². The molecule has 0 bridgehead atoms. The molecule has 0 aromatic carbocycles. The third-order valence-corrected chi connectivity index (χ3v) is 0.840. The Hall–Kier alpha value is 0.460. The zero-order valence-corrected chi connectivity index (χ0v) is 6.88. The van der Waals surface area contributed by atoms with Crippen molar-refractivity contribution in [1.82, 2.24) is 0 Å². The standard InChI is InChI=1S/C4H13N3.2ClH/c5-2-1-4(7)3-6;;/h4H,1-3,5-7H2;2*1H. The van der Waals surface area contributed by atoms with Crippen molar-refractivity contribution >= 4 is 24.8 Å². The maximum atomic E-state index is 5.38. The Bertz CT molecular complexity index is 44.8. The second kappa shape index (κ2) is 11.3. The Kier molecular flexibility index (Phi) is 20.3. The monoisotopic (exact) mass is 175 g/mol. The second-order valence-corrected chi connectivity index (χ2v) is 1.57. The first-order chi connectivity index (χ1) is 3.31. The van der Waals surface area contributed by atoms with Gasteiger partial charge in [-0.25, -0.2) is 0 Å². The smallest absolute Gasteiger partial charge is 0.0175 e. The molecule has 1 unspecified atom stereocenters. The van der Waals surface area contributed by atoms with Crippen LogP contribution < -0.4 is 17.2 Å². The van der Waals surface area contributed by atoms with E-state index in [4.69, 9.17) is 17.2 Å². The summed E-state index contributed by atoms with van der Waals surface area (Å²) in [5.41, 5.74) is 15.7. The lowest BCUT2D eigenvalue weighted by molar-refractivity contribution is 0.631. The summed E-state index contributed by atoms with van der Waals surface area (Å²) in [5.74, 6) is 0. The van der Waals surface area contributed by atoms with E-state index in [1.54, 1.807) is 0 Å². The molecule has 60 valence electrons. The fourth-order valence-electron chi connectivity index (χ4n) is 0.332. The van der Waals surface area contributed by atoms with E-state index in [0.717, 1.165) is 6.42 Å². The molecule has 1 atom stereocenters. The summed E-state index contributed by atoms with van der Waals surface area (Å²) in [4.78, 5) is 0. The topological polar surface area (TPSA) is 78.1 Å². The van der Waals surface area contributed by atoms with Gasteiger partial charge in [0.1, 0.15) is 0 Å². The van der Waals surface area contributed by atoms with Crippen molar-refractivity contribution in [3.63, 3.8) is 0 Å². The van der Waals surface area contributed by atoms with Crippen LogP contribution >= 0.6 is 24.8 Å². The fourth-order valence-corrected chi connectivity index (χ4v) is 0.332. The van der Waals surface area contributed by atoms with Crippen molar-refractivity contribution in [2.75, 3.05) is 13.1 Å². The van der Waals surface area contributed by atoms with Crippen LogP contribution in [0.4, 0.5) is 0 Å². The molecule has 3 nitrogen and oxygen atoms in total. The molecule has 0 heterocycles. The van der Waals surface area contributed by atoms with E-state index in [2.05, 4.69) is 0 Å². The number of rotatable bonds is 3. The predicted octanol–water partition coefficient (Wildman–Crippen LogP) is -0.535. The molecule has 0 aliphatic carbocycles. The Labute approximate surface area is 68.2 Å². The first-order valence-electron chi connectivity index (χ1n) is 2.47. The van der Waals surface area contributed by atoms with E-state index in [0.29, 0.717) is 13.1 Å². The van der Waals surface area contributed by atoms with Gasteiger partial charge in [-0.3, -0.25) is 0 Å². The molecule has 5 heteroatoms. The zero-order chi connectivity index (χ0) is 5.70. The van der Waals surface area contributed by atoms with Gasteiger partial charge in [-0.05, 0) is 13.0 Å². The number of hydrogen-bond donors (Lipinski definition) is 3. The Morgan fingerprint density at radius 1 is 1.11 bits per heavy atom. The molecule has 6 N–H and O–H groups in total. The summed E-state index contributed by atoms with van der Waals surface area (Å²) < 4.78 is 0. The van der Waals surface area contributed by atoms with Crippen LogP contribution in [-0.2, 0) is 0 Å². The van der Waals surface area contributed by atoms with Gasteiger partial charge in [0.05, 0.1) is 0 Å². The summed E-state index contributed by atoms with van der Waals surface area (Å²) in [7, 11) is 0. The first kappa shape index (κ1) is 16.2. The van der Waals surface area contributed by atoms with Gasteiger partial charge >= 0.3 is 0 Å². The number of hydrogen-bond acceptors (Lipinski definition) is 3. The lowest BCUT2D eigenvalue weighted by atomic mass is 10.2. The van der Waals surface area contributed by atoms with Crippen LogP contribution in [0.5, 0.6) is 0 Å². The minimum atomic E-state index is 0.